The first-order valence-electron chi connectivity index (χ1n) is 11.6. The first kappa shape index (κ1) is 27.3. The SMILES string of the molecule is COc1ncc(C(=O)C[C@@]2(C(=O)NCc3ccc(Nc4ccc(Cl)cc4C(F)(F)F)cc3)CCOC2)cn1. The lowest BCUT2D eigenvalue weighted by molar-refractivity contribution is -0.137. The largest absolute Gasteiger partial charge is 0.467 e. The molecule has 8 nitrogen and oxygen atoms in total. The summed E-state index contributed by atoms with van der Waals surface area (Å²) in [4.78, 5) is 33.9. The van der Waals surface area contributed by atoms with E-state index in [0.717, 1.165) is 11.6 Å². The number of carbonyl (C=O) groups is 2. The van der Waals surface area contributed by atoms with Crippen molar-refractivity contribution in [3.05, 3.63) is 76.6 Å². The lowest BCUT2D eigenvalue weighted by atomic mass is 9.80. The Morgan fingerprint density at radius 2 is 1.84 bits per heavy atom. The van der Waals surface area contributed by atoms with Crippen LogP contribution in [0.25, 0.3) is 0 Å². The van der Waals surface area contributed by atoms with Gasteiger partial charge < -0.3 is 20.1 Å². The third-order valence-electron chi connectivity index (χ3n) is 6.19. The molecule has 0 radical (unpaired) electrons. The number of nitrogens with zero attached hydrogens (tertiary/aromatic N) is 2. The van der Waals surface area contributed by atoms with Crippen LogP contribution in [0, 0.1) is 5.41 Å². The summed E-state index contributed by atoms with van der Waals surface area (Å²) in [6.07, 6.45) is -1.55. The minimum absolute atomic E-state index is 0.0153. The van der Waals surface area contributed by atoms with Gasteiger partial charge in [0.05, 0.1) is 35.9 Å². The second kappa shape index (κ2) is 11.4. The van der Waals surface area contributed by atoms with Gasteiger partial charge in [-0.15, -0.1) is 0 Å². The van der Waals surface area contributed by atoms with E-state index >= 15 is 0 Å². The summed E-state index contributed by atoms with van der Waals surface area (Å²) in [5.41, 5.74) is -0.608. The van der Waals surface area contributed by atoms with Gasteiger partial charge in [0.25, 0.3) is 0 Å². The van der Waals surface area contributed by atoms with Gasteiger partial charge in [0.2, 0.25) is 5.91 Å². The summed E-state index contributed by atoms with van der Waals surface area (Å²) in [7, 11) is 1.42. The molecule has 1 fully saturated rings. The molecular weight excluding hydrogens is 525 g/mol. The monoisotopic (exact) mass is 548 g/mol. The smallest absolute Gasteiger partial charge is 0.418 e. The van der Waals surface area contributed by atoms with Crippen molar-refractivity contribution in [1.82, 2.24) is 15.3 Å². The molecule has 2 N–H and O–H groups in total. The van der Waals surface area contributed by atoms with Crippen molar-refractivity contribution in [2.75, 3.05) is 25.6 Å². The topological polar surface area (TPSA) is 102 Å². The molecule has 0 spiro atoms. The maximum absolute atomic E-state index is 13.4. The van der Waals surface area contributed by atoms with E-state index in [-0.39, 0.29) is 53.5 Å². The van der Waals surface area contributed by atoms with Crippen LogP contribution in [0.2, 0.25) is 5.02 Å². The Kier molecular flexibility index (Phi) is 8.17. The highest BCUT2D eigenvalue weighted by atomic mass is 35.5. The van der Waals surface area contributed by atoms with Crippen LogP contribution in [-0.2, 0) is 22.3 Å². The fourth-order valence-electron chi connectivity index (χ4n) is 4.07. The van der Waals surface area contributed by atoms with E-state index in [0.29, 0.717) is 18.7 Å². The van der Waals surface area contributed by atoms with Gasteiger partial charge in [-0.3, -0.25) is 9.59 Å². The molecule has 0 aliphatic carbocycles. The first-order chi connectivity index (χ1) is 18.1. The highest BCUT2D eigenvalue weighted by Gasteiger charge is 2.44. The van der Waals surface area contributed by atoms with E-state index in [4.69, 9.17) is 21.1 Å². The molecule has 3 aromatic rings. The summed E-state index contributed by atoms with van der Waals surface area (Å²) >= 11 is 5.73. The minimum Gasteiger partial charge on any atom is -0.467 e. The molecule has 4 rings (SSSR count). The molecule has 2 heterocycles. The van der Waals surface area contributed by atoms with Crippen molar-refractivity contribution in [2.24, 2.45) is 5.41 Å². The van der Waals surface area contributed by atoms with Gasteiger partial charge in [-0.2, -0.15) is 13.2 Å². The Bertz CT molecular complexity index is 1300. The maximum atomic E-state index is 13.4. The number of amides is 1. The number of ether oxygens (including phenoxy) is 2. The molecule has 38 heavy (non-hydrogen) atoms. The van der Waals surface area contributed by atoms with Crippen LogP contribution >= 0.6 is 11.6 Å². The number of rotatable bonds is 9. The van der Waals surface area contributed by atoms with E-state index in [1.54, 1.807) is 24.3 Å². The molecule has 12 heteroatoms. The number of alkyl halides is 3. The van der Waals surface area contributed by atoms with Gasteiger partial charge in [-0.05, 0) is 42.3 Å². The number of ketones is 1. The van der Waals surface area contributed by atoms with Gasteiger partial charge in [-0.25, -0.2) is 9.97 Å². The summed E-state index contributed by atoms with van der Waals surface area (Å²) in [5, 5.41) is 5.60. The van der Waals surface area contributed by atoms with Crippen molar-refractivity contribution < 1.29 is 32.2 Å². The van der Waals surface area contributed by atoms with Crippen LogP contribution in [0.3, 0.4) is 0 Å². The molecule has 0 unspecified atom stereocenters. The molecule has 0 saturated carbocycles. The number of benzene rings is 2. The Morgan fingerprint density at radius 3 is 2.45 bits per heavy atom. The molecule has 1 aliphatic heterocycles. The minimum atomic E-state index is -4.57. The van der Waals surface area contributed by atoms with Gasteiger partial charge in [-0.1, -0.05) is 23.7 Å². The average molecular weight is 549 g/mol. The normalized spacial score (nSPS) is 17.2. The van der Waals surface area contributed by atoms with Crippen LogP contribution in [-0.4, -0.2) is 42.0 Å². The van der Waals surface area contributed by atoms with Gasteiger partial charge in [0.15, 0.2) is 5.78 Å². The number of hydrogen-bond donors (Lipinski definition) is 2. The summed E-state index contributed by atoms with van der Waals surface area (Å²) in [5.74, 6) is -0.611. The highest BCUT2D eigenvalue weighted by molar-refractivity contribution is 6.30. The zero-order valence-electron chi connectivity index (χ0n) is 20.3. The van der Waals surface area contributed by atoms with Crippen LogP contribution < -0.4 is 15.4 Å². The van der Waals surface area contributed by atoms with E-state index in [1.807, 2.05) is 0 Å². The van der Waals surface area contributed by atoms with E-state index in [9.17, 15) is 22.8 Å². The van der Waals surface area contributed by atoms with E-state index in [2.05, 4.69) is 20.6 Å². The second-order valence-electron chi connectivity index (χ2n) is 8.83. The zero-order chi connectivity index (χ0) is 27.3. The predicted molar refractivity (Wildman–Crippen MR) is 133 cm³/mol. The number of aromatic nitrogens is 2. The van der Waals surface area contributed by atoms with Crippen molar-refractivity contribution >= 4 is 34.7 Å². The molecule has 2 aromatic carbocycles. The van der Waals surface area contributed by atoms with Gasteiger partial charge in [0.1, 0.15) is 0 Å². The summed E-state index contributed by atoms with van der Waals surface area (Å²) in [6, 6.07) is 10.2. The highest BCUT2D eigenvalue weighted by Crippen LogP contribution is 2.38. The number of methoxy groups -OCH3 is 1. The second-order valence-corrected chi connectivity index (χ2v) is 9.27. The van der Waals surface area contributed by atoms with Crippen LogP contribution in [0.15, 0.2) is 54.9 Å². The Balaban J connectivity index is 1.39. The first-order valence-corrected chi connectivity index (χ1v) is 12.0. The molecule has 1 aromatic heterocycles. The summed E-state index contributed by atoms with van der Waals surface area (Å²) in [6.45, 7) is 0.618. The van der Waals surface area contributed by atoms with E-state index < -0.39 is 17.2 Å². The maximum Gasteiger partial charge on any atom is 0.418 e. The summed E-state index contributed by atoms with van der Waals surface area (Å²) < 4.78 is 50.4. The van der Waals surface area contributed by atoms with Crippen LogP contribution in [0.5, 0.6) is 6.01 Å². The number of anilines is 2. The molecule has 1 aliphatic rings. The van der Waals surface area contributed by atoms with Crippen molar-refractivity contribution in [1.29, 1.82) is 0 Å². The van der Waals surface area contributed by atoms with Crippen molar-refractivity contribution in [3.63, 3.8) is 0 Å². The fraction of sp³-hybridized carbons (Fsp3) is 0.308. The van der Waals surface area contributed by atoms with E-state index in [1.165, 1.54) is 31.6 Å². The van der Waals surface area contributed by atoms with Crippen LogP contribution in [0.4, 0.5) is 24.5 Å². The Labute approximate surface area is 221 Å². The predicted octanol–water partition coefficient (Wildman–Crippen LogP) is 5.20. The molecule has 200 valence electrons. The fourth-order valence-corrected chi connectivity index (χ4v) is 4.24. The third kappa shape index (κ3) is 6.40. The zero-order valence-corrected chi connectivity index (χ0v) is 21.0. The van der Waals surface area contributed by atoms with Gasteiger partial charge >= 0.3 is 12.2 Å². The Hall–Kier alpha value is -3.70. The number of carbonyl (C=O) groups excluding carboxylic acids is 2. The lowest BCUT2D eigenvalue weighted by Crippen LogP contribution is -2.42. The molecular formula is C26H24ClF3N4O4. The molecule has 1 saturated heterocycles. The number of halogens is 4. The number of Topliss-reactive ketones (excluding diaryl/α,β-unsaturated/α-hetero) is 1. The number of nitrogens with one attached hydrogen (secondary N) is 2. The molecule has 1 amide bonds. The quantitative estimate of drug-likeness (QED) is 0.354. The standard InChI is InChI=1S/C26H24ClF3N4O4/c1-37-24-32-13-17(14-33-24)22(35)11-25(8-9-38-15-25)23(36)31-12-16-2-5-19(6-3-16)34-21-7-4-18(27)10-20(21)26(28,29)30/h2-7,10,13-14,34H,8-9,11-12,15H2,1H3,(H,31,36)/t25-/m0/s1. The third-order valence-corrected chi connectivity index (χ3v) is 6.42. The average Bonchev–Trinajstić information content (AvgIpc) is 3.38. The molecule has 1 atom stereocenters. The number of hydrogen-bond acceptors (Lipinski definition) is 7. The van der Waals surface area contributed by atoms with Gasteiger partial charge in [0, 0.05) is 42.7 Å². The van der Waals surface area contributed by atoms with Crippen LogP contribution in [0.1, 0.15) is 34.3 Å². The molecule has 0 bridgehead atoms. The lowest BCUT2D eigenvalue weighted by Gasteiger charge is -2.25. The Morgan fingerprint density at radius 1 is 1.13 bits per heavy atom. The van der Waals surface area contributed by atoms with Crippen molar-refractivity contribution in [3.8, 4) is 6.01 Å². The van der Waals surface area contributed by atoms with Crippen molar-refractivity contribution in [2.45, 2.75) is 25.6 Å².